The van der Waals surface area contributed by atoms with Crippen LogP contribution in [0, 0.1) is 5.41 Å². The highest BCUT2D eigenvalue weighted by Crippen LogP contribution is 2.33. The maximum atomic E-state index is 12.8. The lowest BCUT2D eigenvalue weighted by Gasteiger charge is -2.32. The summed E-state index contributed by atoms with van der Waals surface area (Å²) >= 11 is 7.81. The molecule has 2 nitrogen and oxygen atoms in total. The first-order valence-corrected chi connectivity index (χ1v) is 9.34. The van der Waals surface area contributed by atoms with E-state index in [1.54, 1.807) is 11.8 Å². The SMILES string of the molecule is CC(C)(CSc1ccccc1Cl)C(=O)NC(C)(C)c1ccccc1. The Kier molecular flexibility index (Phi) is 6.00. The van der Waals surface area contributed by atoms with Gasteiger partial charge in [-0.25, -0.2) is 0 Å². The Bertz CT molecular complexity index is 698. The van der Waals surface area contributed by atoms with Gasteiger partial charge in [0.1, 0.15) is 0 Å². The molecule has 0 atom stereocenters. The molecule has 0 saturated carbocycles. The van der Waals surface area contributed by atoms with Gasteiger partial charge in [0.2, 0.25) is 5.91 Å². The lowest BCUT2D eigenvalue weighted by Crippen LogP contribution is -2.47. The van der Waals surface area contributed by atoms with Crippen LogP contribution in [0.15, 0.2) is 59.5 Å². The highest BCUT2D eigenvalue weighted by Gasteiger charge is 2.32. The summed E-state index contributed by atoms with van der Waals surface area (Å²) in [6, 6.07) is 17.7. The van der Waals surface area contributed by atoms with Crippen molar-refractivity contribution in [2.75, 3.05) is 5.75 Å². The van der Waals surface area contributed by atoms with Crippen molar-refractivity contribution < 1.29 is 4.79 Å². The Morgan fingerprint density at radius 1 is 1.00 bits per heavy atom. The number of carbonyl (C=O) groups excluding carboxylic acids is 1. The van der Waals surface area contributed by atoms with Crippen LogP contribution in [0.25, 0.3) is 0 Å². The van der Waals surface area contributed by atoms with Crippen molar-refractivity contribution in [3.05, 3.63) is 65.2 Å². The molecule has 1 amide bonds. The third-order valence-electron chi connectivity index (χ3n) is 3.96. The highest BCUT2D eigenvalue weighted by molar-refractivity contribution is 7.99. The van der Waals surface area contributed by atoms with Gasteiger partial charge in [-0.15, -0.1) is 11.8 Å². The first-order chi connectivity index (χ1) is 11.2. The molecule has 4 heteroatoms. The number of benzene rings is 2. The van der Waals surface area contributed by atoms with Gasteiger partial charge in [0.25, 0.3) is 0 Å². The van der Waals surface area contributed by atoms with Crippen molar-refractivity contribution in [1.29, 1.82) is 0 Å². The molecule has 0 saturated heterocycles. The number of nitrogens with one attached hydrogen (secondary N) is 1. The third kappa shape index (κ3) is 4.78. The minimum atomic E-state index is -0.504. The van der Waals surface area contributed by atoms with E-state index in [0.29, 0.717) is 5.75 Å². The van der Waals surface area contributed by atoms with Gasteiger partial charge < -0.3 is 5.32 Å². The van der Waals surface area contributed by atoms with Crippen LogP contribution in [-0.2, 0) is 10.3 Å². The Balaban J connectivity index is 2.03. The number of hydrogen-bond acceptors (Lipinski definition) is 2. The van der Waals surface area contributed by atoms with Crippen molar-refractivity contribution in [1.82, 2.24) is 5.32 Å². The van der Waals surface area contributed by atoms with E-state index in [9.17, 15) is 4.79 Å². The number of thioether (sulfide) groups is 1. The molecule has 2 aromatic rings. The first-order valence-electron chi connectivity index (χ1n) is 7.98. The summed E-state index contributed by atoms with van der Waals surface area (Å²) in [5.74, 6) is 0.698. The summed E-state index contributed by atoms with van der Waals surface area (Å²) < 4.78 is 0. The predicted octanol–water partition coefficient (Wildman–Crippen LogP) is 5.51. The number of amides is 1. The van der Waals surface area contributed by atoms with Crippen LogP contribution < -0.4 is 5.32 Å². The van der Waals surface area contributed by atoms with E-state index in [4.69, 9.17) is 11.6 Å². The lowest BCUT2D eigenvalue weighted by molar-refractivity contribution is -0.130. The van der Waals surface area contributed by atoms with E-state index in [0.717, 1.165) is 15.5 Å². The molecule has 0 spiro atoms. The van der Waals surface area contributed by atoms with E-state index in [1.165, 1.54) is 0 Å². The highest BCUT2D eigenvalue weighted by atomic mass is 35.5. The smallest absolute Gasteiger partial charge is 0.227 e. The van der Waals surface area contributed by atoms with Crippen LogP contribution in [0.5, 0.6) is 0 Å². The summed E-state index contributed by atoms with van der Waals surface area (Å²) in [5.41, 5.74) is 0.175. The molecule has 0 aliphatic heterocycles. The van der Waals surface area contributed by atoms with E-state index in [1.807, 2.05) is 82.3 Å². The number of halogens is 1. The summed E-state index contributed by atoms with van der Waals surface area (Å²) in [6.45, 7) is 7.98. The molecule has 0 aliphatic carbocycles. The van der Waals surface area contributed by atoms with Gasteiger partial charge in [0.15, 0.2) is 0 Å². The van der Waals surface area contributed by atoms with Gasteiger partial charge in [-0.3, -0.25) is 4.79 Å². The predicted molar refractivity (Wildman–Crippen MR) is 104 cm³/mol. The van der Waals surface area contributed by atoms with Crippen molar-refractivity contribution in [3.63, 3.8) is 0 Å². The first kappa shape index (κ1) is 18.9. The van der Waals surface area contributed by atoms with Gasteiger partial charge in [0, 0.05) is 10.6 Å². The molecule has 1 N–H and O–H groups in total. The lowest BCUT2D eigenvalue weighted by atomic mass is 9.89. The van der Waals surface area contributed by atoms with Gasteiger partial charge in [-0.05, 0) is 31.5 Å². The second-order valence-corrected chi connectivity index (χ2v) is 8.47. The third-order valence-corrected chi connectivity index (χ3v) is 5.94. The van der Waals surface area contributed by atoms with Crippen LogP contribution in [0.2, 0.25) is 5.02 Å². The van der Waals surface area contributed by atoms with Gasteiger partial charge in [-0.2, -0.15) is 0 Å². The standard InChI is InChI=1S/C20H24ClNOS/c1-19(2,14-24-17-13-9-8-12-16(17)21)18(23)22-20(3,4)15-10-6-5-7-11-15/h5-13H,14H2,1-4H3,(H,22,23). The Morgan fingerprint density at radius 2 is 1.58 bits per heavy atom. The fraction of sp³-hybridized carbons (Fsp3) is 0.350. The molecule has 2 rings (SSSR count). The summed E-state index contributed by atoms with van der Waals surface area (Å²) in [4.78, 5) is 13.8. The van der Waals surface area contributed by atoms with Crippen LogP contribution in [-0.4, -0.2) is 11.7 Å². The van der Waals surface area contributed by atoms with Gasteiger partial charge >= 0.3 is 0 Å². The topological polar surface area (TPSA) is 29.1 Å². The van der Waals surface area contributed by atoms with Crippen molar-refractivity contribution in [2.45, 2.75) is 38.1 Å². The Morgan fingerprint density at radius 3 is 2.21 bits per heavy atom. The minimum absolute atomic E-state index is 0.0379. The molecule has 0 heterocycles. The minimum Gasteiger partial charge on any atom is -0.347 e. The maximum absolute atomic E-state index is 12.8. The Labute approximate surface area is 154 Å². The molecule has 128 valence electrons. The average Bonchev–Trinajstić information content (AvgIpc) is 2.54. The molecular formula is C20H24ClNOS. The van der Waals surface area contributed by atoms with Crippen LogP contribution in [0.3, 0.4) is 0 Å². The average molecular weight is 362 g/mol. The van der Waals surface area contributed by atoms with Crippen molar-refractivity contribution >= 4 is 29.3 Å². The van der Waals surface area contributed by atoms with Crippen LogP contribution in [0.1, 0.15) is 33.3 Å². The maximum Gasteiger partial charge on any atom is 0.227 e. The molecule has 24 heavy (non-hydrogen) atoms. The molecule has 0 aliphatic rings. The van der Waals surface area contributed by atoms with E-state index < -0.39 is 11.0 Å². The molecule has 0 unspecified atom stereocenters. The number of hydrogen-bond donors (Lipinski definition) is 1. The van der Waals surface area contributed by atoms with Crippen LogP contribution in [0.4, 0.5) is 0 Å². The molecular weight excluding hydrogens is 338 g/mol. The van der Waals surface area contributed by atoms with Gasteiger partial charge in [0.05, 0.1) is 16.0 Å². The summed E-state index contributed by atoms with van der Waals surface area (Å²) in [5, 5.41) is 3.90. The zero-order valence-corrected chi connectivity index (χ0v) is 16.2. The fourth-order valence-corrected chi connectivity index (χ4v) is 3.59. The zero-order valence-electron chi connectivity index (χ0n) is 14.6. The second kappa shape index (κ2) is 7.62. The largest absolute Gasteiger partial charge is 0.347 e. The van der Waals surface area contributed by atoms with Crippen molar-refractivity contribution in [2.24, 2.45) is 5.41 Å². The van der Waals surface area contributed by atoms with E-state index >= 15 is 0 Å². The monoisotopic (exact) mass is 361 g/mol. The molecule has 0 radical (unpaired) electrons. The number of rotatable bonds is 6. The Hall–Kier alpha value is -1.45. The molecule has 2 aromatic carbocycles. The van der Waals surface area contributed by atoms with Gasteiger partial charge in [-0.1, -0.05) is 67.9 Å². The second-order valence-electron chi connectivity index (χ2n) is 7.05. The molecule has 0 aromatic heterocycles. The molecule has 0 bridgehead atoms. The van der Waals surface area contributed by atoms with Crippen molar-refractivity contribution in [3.8, 4) is 0 Å². The van der Waals surface area contributed by atoms with Crippen LogP contribution >= 0.6 is 23.4 Å². The normalized spacial score (nSPS) is 12.0. The number of carbonyl (C=O) groups is 1. The van der Waals surface area contributed by atoms with E-state index in [2.05, 4.69) is 5.32 Å². The quantitative estimate of drug-likeness (QED) is 0.687. The van der Waals surface area contributed by atoms with E-state index in [-0.39, 0.29) is 5.91 Å². The molecule has 0 fully saturated rings. The summed E-state index contributed by atoms with van der Waals surface area (Å²) in [6.07, 6.45) is 0. The fourth-order valence-electron chi connectivity index (χ4n) is 2.27. The summed E-state index contributed by atoms with van der Waals surface area (Å²) in [7, 11) is 0. The zero-order chi connectivity index (χ0) is 17.8.